The van der Waals surface area contributed by atoms with Gasteiger partial charge in [0, 0.05) is 6.07 Å². The summed E-state index contributed by atoms with van der Waals surface area (Å²) in [5.74, 6) is 0.692. The summed E-state index contributed by atoms with van der Waals surface area (Å²) in [7, 11) is 0. The molecule has 0 spiro atoms. The van der Waals surface area contributed by atoms with Crippen molar-refractivity contribution in [2.45, 2.75) is 45.4 Å². The zero-order valence-electron chi connectivity index (χ0n) is 12.7. The van der Waals surface area contributed by atoms with Crippen molar-refractivity contribution in [3.63, 3.8) is 0 Å². The molecular formula is C16H20N2O4. The van der Waals surface area contributed by atoms with Gasteiger partial charge in [-0.25, -0.2) is 4.79 Å². The summed E-state index contributed by atoms with van der Waals surface area (Å²) in [5.41, 5.74) is -0.0239. The van der Waals surface area contributed by atoms with Crippen molar-refractivity contribution in [2.24, 2.45) is 5.92 Å². The molecule has 0 unspecified atom stereocenters. The molecule has 1 fully saturated rings. The molecule has 0 atom stereocenters. The Morgan fingerprint density at radius 3 is 2.86 bits per heavy atom. The second-order valence-electron chi connectivity index (χ2n) is 5.76. The van der Waals surface area contributed by atoms with E-state index in [1.54, 1.807) is 6.92 Å². The summed E-state index contributed by atoms with van der Waals surface area (Å²) in [6, 6.07) is 1.49. The zero-order valence-corrected chi connectivity index (χ0v) is 12.7. The molecular weight excluding hydrogens is 284 g/mol. The maximum absolute atomic E-state index is 12.3. The maximum atomic E-state index is 12.3. The highest BCUT2D eigenvalue weighted by molar-refractivity contribution is 5.75. The monoisotopic (exact) mass is 304 g/mol. The smallest absolute Gasteiger partial charge is 0.337 e. The van der Waals surface area contributed by atoms with Gasteiger partial charge in [-0.05, 0) is 31.2 Å². The van der Waals surface area contributed by atoms with E-state index in [0.717, 1.165) is 12.0 Å². The van der Waals surface area contributed by atoms with Gasteiger partial charge in [0.1, 0.15) is 5.39 Å². The number of aromatic amines is 1. The van der Waals surface area contributed by atoms with Gasteiger partial charge in [-0.1, -0.05) is 25.7 Å². The average Bonchev–Trinajstić information content (AvgIpc) is 2.97. The number of ether oxygens (including phenoxy) is 1. The quantitative estimate of drug-likeness (QED) is 0.916. The van der Waals surface area contributed by atoms with Crippen LogP contribution in [0.3, 0.4) is 0 Å². The molecule has 0 aliphatic heterocycles. The van der Waals surface area contributed by atoms with Crippen molar-refractivity contribution < 1.29 is 9.15 Å². The Morgan fingerprint density at radius 1 is 1.36 bits per heavy atom. The Kier molecular flexibility index (Phi) is 4.27. The highest BCUT2D eigenvalue weighted by atomic mass is 16.5. The molecule has 0 saturated heterocycles. The van der Waals surface area contributed by atoms with Gasteiger partial charge in [-0.3, -0.25) is 9.78 Å². The number of aryl methyl sites for hydroxylation is 1. The van der Waals surface area contributed by atoms with Crippen LogP contribution in [0.1, 0.15) is 44.6 Å². The second-order valence-corrected chi connectivity index (χ2v) is 5.76. The Hall–Kier alpha value is -2.11. The van der Waals surface area contributed by atoms with E-state index in [4.69, 9.17) is 9.15 Å². The number of rotatable bonds is 5. The van der Waals surface area contributed by atoms with Crippen LogP contribution in [0, 0.1) is 5.92 Å². The molecule has 6 heteroatoms. The van der Waals surface area contributed by atoms with Gasteiger partial charge in [0.15, 0.2) is 0 Å². The molecule has 22 heavy (non-hydrogen) atoms. The van der Waals surface area contributed by atoms with Gasteiger partial charge in [0.05, 0.1) is 6.61 Å². The van der Waals surface area contributed by atoms with Crippen LogP contribution < -0.4 is 15.9 Å². The molecule has 1 saturated carbocycles. The molecule has 0 amide bonds. The van der Waals surface area contributed by atoms with Crippen LogP contribution in [-0.2, 0) is 6.42 Å². The first kappa shape index (κ1) is 14.8. The highest BCUT2D eigenvalue weighted by Crippen LogP contribution is 2.29. The largest absolute Gasteiger partial charge is 0.465 e. The normalized spacial score (nSPS) is 15.5. The van der Waals surface area contributed by atoms with E-state index in [0.29, 0.717) is 24.3 Å². The summed E-state index contributed by atoms with van der Waals surface area (Å²) < 4.78 is 10.3. The third kappa shape index (κ3) is 3.05. The fourth-order valence-electron chi connectivity index (χ4n) is 3.19. The minimum atomic E-state index is -0.477. The van der Waals surface area contributed by atoms with Crippen molar-refractivity contribution >= 4 is 11.1 Å². The van der Waals surface area contributed by atoms with E-state index in [-0.39, 0.29) is 17.3 Å². The van der Waals surface area contributed by atoms with Gasteiger partial charge >= 0.3 is 5.63 Å². The number of nitrogens with one attached hydrogen (secondary N) is 1. The first-order valence-electron chi connectivity index (χ1n) is 7.87. The van der Waals surface area contributed by atoms with Crippen LogP contribution in [0.4, 0.5) is 0 Å². The van der Waals surface area contributed by atoms with Crippen molar-refractivity contribution in [1.82, 2.24) is 9.97 Å². The molecule has 2 heterocycles. The number of fused-ring (bicyclic) bond motifs is 1. The number of aromatic nitrogens is 2. The average molecular weight is 304 g/mol. The van der Waals surface area contributed by atoms with Crippen molar-refractivity contribution in [3.8, 4) is 6.01 Å². The predicted octanol–water partition coefficient (Wildman–Crippen LogP) is 2.40. The Morgan fingerprint density at radius 2 is 2.14 bits per heavy atom. The van der Waals surface area contributed by atoms with Gasteiger partial charge in [0.2, 0.25) is 5.71 Å². The molecule has 2 aromatic rings. The van der Waals surface area contributed by atoms with E-state index in [9.17, 15) is 9.59 Å². The Balaban J connectivity index is 1.97. The molecule has 6 nitrogen and oxygen atoms in total. The summed E-state index contributed by atoms with van der Waals surface area (Å²) in [6.45, 7) is 2.17. The molecule has 118 valence electrons. The Labute approximate surface area is 127 Å². The SMILES string of the molecule is CCOc1nc2oc(=O)cc(CCC3CCCC3)c2c(=O)[nH]1. The van der Waals surface area contributed by atoms with Crippen molar-refractivity contribution in [2.75, 3.05) is 6.61 Å². The Bertz CT molecular complexity index is 772. The first-order chi connectivity index (χ1) is 10.7. The molecule has 0 radical (unpaired) electrons. The lowest BCUT2D eigenvalue weighted by Gasteiger charge is -2.09. The molecule has 2 aromatic heterocycles. The van der Waals surface area contributed by atoms with E-state index in [2.05, 4.69) is 9.97 Å². The standard InChI is InChI=1S/C16H20N2O4/c1-2-21-16-17-14(20)13-11(8-7-10-5-3-4-6-10)9-12(19)22-15(13)18-16/h9-10H,2-8H2,1H3,(H,17,18,20). The van der Waals surface area contributed by atoms with Crippen LogP contribution in [-0.4, -0.2) is 16.6 Å². The van der Waals surface area contributed by atoms with Crippen LogP contribution in [0.25, 0.3) is 11.1 Å². The van der Waals surface area contributed by atoms with E-state index in [1.165, 1.54) is 31.7 Å². The lowest BCUT2D eigenvalue weighted by molar-refractivity contribution is 0.311. The number of H-pyrrole nitrogens is 1. The van der Waals surface area contributed by atoms with E-state index < -0.39 is 5.63 Å². The van der Waals surface area contributed by atoms with Gasteiger partial charge < -0.3 is 9.15 Å². The van der Waals surface area contributed by atoms with Crippen molar-refractivity contribution in [1.29, 1.82) is 0 Å². The fraction of sp³-hybridized carbons (Fsp3) is 0.562. The van der Waals surface area contributed by atoms with E-state index in [1.807, 2.05) is 0 Å². The van der Waals surface area contributed by atoms with Crippen LogP contribution >= 0.6 is 0 Å². The minimum absolute atomic E-state index is 0.0566. The van der Waals surface area contributed by atoms with Crippen molar-refractivity contribution in [3.05, 3.63) is 32.4 Å². The van der Waals surface area contributed by atoms with Crippen LogP contribution in [0.5, 0.6) is 6.01 Å². The van der Waals surface area contributed by atoms with Gasteiger partial charge in [0.25, 0.3) is 11.6 Å². The lowest BCUT2D eigenvalue weighted by Crippen LogP contribution is -2.15. The zero-order chi connectivity index (χ0) is 15.5. The summed E-state index contributed by atoms with van der Waals surface area (Å²) >= 11 is 0. The lowest BCUT2D eigenvalue weighted by atomic mass is 9.97. The van der Waals surface area contributed by atoms with Crippen LogP contribution in [0.15, 0.2) is 20.1 Å². The maximum Gasteiger partial charge on any atom is 0.337 e. The topological polar surface area (TPSA) is 85.2 Å². The molecule has 1 aliphatic rings. The third-order valence-electron chi connectivity index (χ3n) is 4.25. The fourth-order valence-corrected chi connectivity index (χ4v) is 3.19. The van der Waals surface area contributed by atoms with E-state index >= 15 is 0 Å². The molecule has 1 N–H and O–H groups in total. The molecule has 3 rings (SSSR count). The molecule has 1 aliphatic carbocycles. The van der Waals surface area contributed by atoms with Gasteiger partial charge in [-0.2, -0.15) is 4.98 Å². The number of hydrogen-bond acceptors (Lipinski definition) is 5. The van der Waals surface area contributed by atoms with Crippen LogP contribution in [0.2, 0.25) is 0 Å². The van der Waals surface area contributed by atoms with Gasteiger partial charge in [-0.15, -0.1) is 0 Å². The first-order valence-corrected chi connectivity index (χ1v) is 7.87. The number of hydrogen-bond donors (Lipinski definition) is 1. The summed E-state index contributed by atoms with van der Waals surface area (Å²) in [4.78, 5) is 30.7. The minimum Gasteiger partial charge on any atom is -0.465 e. The number of nitrogens with zero attached hydrogens (tertiary/aromatic N) is 1. The second kappa shape index (κ2) is 6.34. The molecule has 0 bridgehead atoms. The summed E-state index contributed by atoms with van der Waals surface area (Å²) in [6.07, 6.45) is 6.73. The molecule has 0 aromatic carbocycles. The highest BCUT2D eigenvalue weighted by Gasteiger charge is 2.18. The summed E-state index contributed by atoms with van der Waals surface area (Å²) in [5, 5.41) is 0.362. The predicted molar refractivity (Wildman–Crippen MR) is 82.3 cm³/mol. The third-order valence-corrected chi connectivity index (χ3v) is 4.25.